The molecule has 0 saturated carbocycles. The minimum Gasteiger partial charge on any atom is -0.256 e. The number of pyridine rings is 1. The van der Waals surface area contributed by atoms with Crippen LogP contribution in [0.3, 0.4) is 0 Å². The summed E-state index contributed by atoms with van der Waals surface area (Å²) in [7, 11) is 0. The van der Waals surface area contributed by atoms with Gasteiger partial charge in [0, 0.05) is 17.0 Å². The third kappa shape index (κ3) is 1.42. The summed E-state index contributed by atoms with van der Waals surface area (Å²) in [5.41, 5.74) is 4.56. The maximum absolute atomic E-state index is 4.72. The lowest BCUT2D eigenvalue weighted by Gasteiger charge is -2.39. The molecule has 2 aromatic carbocycles. The second-order valence-electron chi connectivity index (χ2n) is 7.80. The van der Waals surface area contributed by atoms with E-state index in [0.717, 1.165) is 5.52 Å². The van der Waals surface area contributed by atoms with Gasteiger partial charge in [-0.15, -0.1) is 0 Å². The zero-order chi connectivity index (χ0) is 15.7. The molecule has 1 aliphatic rings. The van der Waals surface area contributed by atoms with Gasteiger partial charge >= 0.3 is 0 Å². The Bertz CT molecular complexity index is 902. The third-order valence-corrected chi connectivity index (χ3v) is 6.57. The van der Waals surface area contributed by atoms with Gasteiger partial charge in [0.1, 0.15) is 0 Å². The maximum Gasteiger partial charge on any atom is 0.0783 e. The van der Waals surface area contributed by atoms with Crippen molar-refractivity contribution in [2.45, 2.75) is 46.0 Å². The highest BCUT2D eigenvalue weighted by molar-refractivity contribution is 6.09. The topological polar surface area (TPSA) is 12.9 Å². The Balaban J connectivity index is 2.32. The predicted molar refractivity (Wildman–Crippen MR) is 94.5 cm³/mol. The summed E-state index contributed by atoms with van der Waals surface area (Å²) in [6.45, 7) is 12.0. The lowest BCUT2D eigenvalue weighted by molar-refractivity contribution is 0.191. The number of nitrogens with zero attached hydrogens (tertiary/aromatic N) is 1. The van der Waals surface area contributed by atoms with E-state index in [4.69, 9.17) is 4.98 Å². The molecule has 0 radical (unpaired) electrons. The molecule has 1 nitrogen and oxygen atoms in total. The first-order valence-corrected chi connectivity index (χ1v) is 8.17. The highest BCUT2D eigenvalue weighted by atomic mass is 14.7. The van der Waals surface area contributed by atoms with E-state index < -0.39 is 0 Å². The highest BCUT2D eigenvalue weighted by Crippen LogP contribution is 2.61. The van der Waals surface area contributed by atoms with E-state index in [1.807, 2.05) is 6.20 Å². The molecule has 0 N–H and O–H groups in total. The molecule has 4 rings (SSSR count). The SMILES string of the molecule is C[C@@H]1c2c(c3ccccc3c3ncccc23)C(C)(C)C1(C)C. The zero-order valence-electron chi connectivity index (χ0n) is 14.1. The molecule has 0 bridgehead atoms. The molecule has 0 saturated heterocycles. The minimum atomic E-state index is 0.144. The first-order chi connectivity index (χ1) is 10.4. The molecule has 1 heteroatoms. The van der Waals surface area contributed by atoms with E-state index in [-0.39, 0.29) is 10.8 Å². The first kappa shape index (κ1) is 13.8. The Hall–Kier alpha value is -1.89. The van der Waals surface area contributed by atoms with E-state index in [1.54, 1.807) is 0 Å². The molecule has 0 amide bonds. The fourth-order valence-corrected chi connectivity index (χ4v) is 4.37. The minimum absolute atomic E-state index is 0.144. The second kappa shape index (κ2) is 4.10. The van der Waals surface area contributed by atoms with Crippen molar-refractivity contribution in [3.8, 4) is 0 Å². The van der Waals surface area contributed by atoms with Gasteiger partial charge in [-0.25, -0.2) is 0 Å². The molecule has 0 aliphatic heterocycles. The molecule has 0 spiro atoms. The van der Waals surface area contributed by atoms with Crippen molar-refractivity contribution >= 4 is 21.7 Å². The number of aromatic nitrogens is 1. The number of rotatable bonds is 0. The van der Waals surface area contributed by atoms with Crippen molar-refractivity contribution in [3.05, 3.63) is 53.7 Å². The van der Waals surface area contributed by atoms with Crippen molar-refractivity contribution in [3.63, 3.8) is 0 Å². The number of hydrogen-bond donors (Lipinski definition) is 0. The van der Waals surface area contributed by atoms with E-state index in [2.05, 4.69) is 71.0 Å². The number of fused-ring (bicyclic) bond motifs is 6. The monoisotopic (exact) mass is 289 g/mol. The van der Waals surface area contributed by atoms with E-state index >= 15 is 0 Å². The highest BCUT2D eigenvalue weighted by Gasteiger charge is 2.51. The maximum atomic E-state index is 4.72. The predicted octanol–water partition coefficient (Wildman–Crippen LogP) is 5.81. The van der Waals surface area contributed by atoms with Gasteiger partial charge in [0.2, 0.25) is 0 Å². The van der Waals surface area contributed by atoms with Crippen LogP contribution < -0.4 is 0 Å². The Labute approximate surface area is 132 Å². The third-order valence-electron chi connectivity index (χ3n) is 6.57. The molecule has 22 heavy (non-hydrogen) atoms. The standard InChI is InChI=1S/C21H23N/c1-13-17-16-11-8-12-22-19(16)15-10-7-6-9-14(15)18(17)21(4,5)20(13,2)3/h6-13H,1-5H3/t13-/m1/s1. The Morgan fingerprint density at radius 2 is 1.50 bits per heavy atom. The van der Waals surface area contributed by atoms with Gasteiger partial charge in [-0.1, -0.05) is 65.0 Å². The van der Waals surface area contributed by atoms with Crippen LogP contribution in [0, 0.1) is 5.41 Å². The van der Waals surface area contributed by atoms with Crippen LogP contribution in [0.1, 0.15) is 51.7 Å². The average molecular weight is 289 g/mol. The smallest absolute Gasteiger partial charge is 0.0783 e. The molecular formula is C21H23N. The summed E-state index contributed by atoms with van der Waals surface area (Å²) in [6.07, 6.45) is 1.91. The quantitative estimate of drug-likeness (QED) is 0.476. The fourth-order valence-electron chi connectivity index (χ4n) is 4.37. The molecule has 1 aromatic heterocycles. The number of hydrogen-bond acceptors (Lipinski definition) is 1. The van der Waals surface area contributed by atoms with Gasteiger partial charge in [-0.2, -0.15) is 0 Å². The molecule has 1 atom stereocenters. The Morgan fingerprint density at radius 3 is 2.23 bits per heavy atom. The first-order valence-electron chi connectivity index (χ1n) is 8.17. The average Bonchev–Trinajstić information content (AvgIpc) is 2.65. The van der Waals surface area contributed by atoms with Gasteiger partial charge in [0.25, 0.3) is 0 Å². The largest absolute Gasteiger partial charge is 0.256 e. The van der Waals surface area contributed by atoms with Gasteiger partial charge in [-0.05, 0) is 39.3 Å². The molecule has 0 fully saturated rings. The van der Waals surface area contributed by atoms with E-state index in [0.29, 0.717) is 5.92 Å². The molecule has 112 valence electrons. The molecule has 1 heterocycles. The van der Waals surface area contributed by atoms with Gasteiger partial charge in [0.15, 0.2) is 0 Å². The van der Waals surface area contributed by atoms with Crippen LogP contribution >= 0.6 is 0 Å². The van der Waals surface area contributed by atoms with Gasteiger partial charge < -0.3 is 0 Å². The van der Waals surface area contributed by atoms with Crippen LogP contribution in [0.5, 0.6) is 0 Å². The lowest BCUT2D eigenvalue weighted by atomic mass is 9.65. The van der Waals surface area contributed by atoms with Crippen LogP contribution in [-0.4, -0.2) is 4.98 Å². The molecular weight excluding hydrogens is 266 g/mol. The summed E-state index contributed by atoms with van der Waals surface area (Å²) >= 11 is 0. The van der Waals surface area contributed by atoms with Crippen LogP contribution in [0.25, 0.3) is 21.7 Å². The van der Waals surface area contributed by atoms with Crippen molar-refractivity contribution in [1.29, 1.82) is 0 Å². The number of benzene rings is 2. The van der Waals surface area contributed by atoms with Crippen LogP contribution in [0.15, 0.2) is 42.6 Å². The van der Waals surface area contributed by atoms with E-state index in [1.165, 1.54) is 27.3 Å². The zero-order valence-corrected chi connectivity index (χ0v) is 14.1. The summed E-state index contributed by atoms with van der Waals surface area (Å²) in [4.78, 5) is 4.72. The summed E-state index contributed by atoms with van der Waals surface area (Å²) in [5, 5.41) is 4.00. The Kier molecular flexibility index (Phi) is 2.56. The van der Waals surface area contributed by atoms with Crippen molar-refractivity contribution in [2.75, 3.05) is 0 Å². The van der Waals surface area contributed by atoms with Gasteiger partial charge in [0.05, 0.1) is 5.52 Å². The van der Waals surface area contributed by atoms with Crippen molar-refractivity contribution in [1.82, 2.24) is 4.98 Å². The van der Waals surface area contributed by atoms with Crippen LogP contribution in [0.4, 0.5) is 0 Å². The summed E-state index contributed by atoms with van der Waals surface area (Å²) < 4.78 is 0. The summed E-state index contributed by atoms with van der Waals surface area (Å²) in [6, 6.07) is 13.1. The molecule has 1 aliphatic carbocycles. The molecule has 3 aromatic rings. The normalized spacial score (nSPS) is 22.1. The van der Waals surface area contributed by atoms with Crippen LogP contribution in [-0.2, 0) is 5.41 Å². The lowest BCUT2D eigenvalue weighted by Crippen LogP contribution is -2.33. The van der Waals surface area contributed by atoms with Crippen molar-refractivity contribution in [2.24, 2.45) is 5.41 Å². The Morgan fingerprint density at radius 1 is 0.864 bits per heavy atom. The van der Waals surface area contributed by atoms with Crippen LogP contribution in [0.2, 0.25) is 0 Å². The van der Waals surface area contributed by atoms with Crippen molar-refractivity contribution < 1.29 is 0 Å². The molecule has 0 unspecified atom stereocenters. The second-order valence-corrected chi connectivity index (χ2v) is 7.80. The van der Waals surface area contributed by atoms with E-state index in [9.17, 15) is 0 Å². The van der Waals surface area contributed by atoms with Gasteiger partial charge in [-0.3, -0.25) is 4.98 Å². The summed E-state index contributed by atoms with van der Waals surface area (Å²) in [5.74, 6) is 0.522. The fraction of sp³-hybridized carbons (Fsp3) is 0.381.